The lowest BCUT2D eigenvalue weighted by molar-refractivity contribution is -0.113. The Balaban J connectivity index is 1.46. The Morgan fingerprint density at radius 3 is 2.33 bits per heavy atom. The molecule has 1 amide bonds. The number of carbonyl (C=O) groups excluding carboxylic acids is 1. The molecule has 10 heteroatoms. The monoisotopic (exact) mass is 605 g/mol. The van der Waals surface area contributed by atoms with Gasteiger partial charge in [-0.25, -0.2) is 0 Å². The summed E-state index contributed by atoms with van der Waals surface area (Å²) < 4.78 is 23.7. The van der Waals surface area contributed by atoms with E-state index in [0.717, 1.165) is 5.56 Å². The lowest BCUT2D eigenvalue weighted by atomic mass is 10.1. The van der Waals surface area contributed by atoms with Gasteiger partial charge in [0.15, 0.2) is 27.3 Å². The summed E-state index contributed by atoms with van der Waals surface area (Å²) in [5, 5.41) is 0.588. The lowest BCUT2D eigenvalue weighted by Crippen LogP contribution is -2.27. The van der Waals surface area contributed by atoms with Crippen molar-refractivity contribution in [1.82, 2.24) is 0 Å². The topological polar surface area (TPSA) is 57.2 Å². The molecule has 0 spiro atoms. The summed E-state index contributed by atoms with van der Waals surface area (Å²) in [6.45, 7) is 0.594. The number of amides is 1. The van der Waals surface area contributed by atoms with Crippen molar-refractivity contribution < 1.29 is 23.7 Å². The van der Waals surface area contributed by atoms with Gasteiger partial charge in [0.25, 0.3) is 5.91 Å². The van der Waals surface area contributed by atoms with Crippen molar-refractivity contribution in [2.45, 2.75) is 0 Å². The Kier molecular flexibility index (Phi) is 8.79. The summed E-state index contributed by atoms with van der Waals surface area (Å²) in [6, 6.07) is 18.0. The number of hydrogen-bond acceptors (Lipinski definition) is 7. The molecule has 0 aromatic heterocycles. The first kappa shape index (κ1) is 26.3. The van der Waals surface area contributed by atoms with Crippen LogP contribution in [0.2, 0.25) is 5.02 Å². The molecule has 0 unspecified atom stereocenters. The summed E-state index contributed by atoms with van der Waals surface area (Å²) in [6.07, 6.45) is 1.77. The van der Waals surface area contributed by atoms with Crippen molar-refractivity contribution >= 4 is 73.5 Å². The SMILES string of the molecule is COc1ccccc1OCCOc1c(Br)cc(/C=C2\SC(=S)N(c3ccc(Cl)cc3)C2=O)cc1OC. The van der Waals surface area contributed by atoms with Crippen molar-refractivity contribution in [1.29, 1.82) is 0 Å². The number of para-hydroxylation sites is 2. The number of thioether (sulfide) groups is 1. The molecule has 1 aliphatic heterocycles. The third kappa shape index (κ3) is 5.98. The second kappa shape index (κ2) is 12.0. The van der Waals surface area contributed by atoms with Gasteiger partial charge in [-0.3, -0.25) is 9.69 Å². The van der Waals surface area contributed by atoms with Crippen LogP contribution in [0.25, 0.3) is 6.08 Å². The molecule has 3 aromatic carbocycles. The van der Waals surface area contributed by atoms with Gasteiger partial charge in [0, 0.05) is 5.02 Å². The third-order valence-corrected chi connectivity index (χ3v) is 7.23. The zero-order valence-electron chi connectivity index (χ0n) is 19.3. The summed E-state index contributed by atoms with van der Waals surface area (Å²) in [5.41, 5.74) is 1.43. The number of thiocarbonyl (C=S) groups is 1. The highest BCUT2D eigenvalue weighted by atomic mass is 79.9. The van der Waals surface area contributed by atoms with Crippen molar-refractivity contribution in [2.75, 3.05) is 32.3 Å². The van der Waals surface area contributed by atoms with Crippen molar-refractivity contribution in [3.05, 3.63) is 80.6 Å². The predicted octanol–water partition coefficient (Wildman–Crippen LogP) is 6.98. The van der Waals surface area contributed by atoms with E-state index in [1.54, 1.807) is 50.6 Å². The molecule has 4 rings (SSSR count). The largest absolute Gasteiger partial charge is 0.493 e. The van der Waals surface area contributed by atoms with Gasteiger partial charge in [0.05, 0.1) is 29.3 Å². The fourth-order valence-electron chi connectivity index (χ4n) is 3.43. The lowest BCUT2D eigenvalue weighted by Gasteiger charge is -2.15. The average Bonchev–Trinajstić information content (AvgIpc) is 3.15. The van der Waals surface area contributed by atoms with Gasteiger partial charge in [-0.1, -0.05) is 47.7 Å². The van der Waals surface area contributed by atoms with Crippen LogP contribution < -0.4 is 23.8 Å². The number of nitrogens with zero attached hydrogens (tertiary/aromatic N) is 1. The fraction of sp³-hybridized carbons (Fsp3) is 0.154. The molecule has 1 saturated heterocycles. The molecule has 0 atom stereocenters. The second-order valence-electron chi connectivity index (χ2n) is 7.38. The van der Waals surface area contributed by atoms with Crippen LogP contribution >= 0.6 is 51.5 Å². The summed E-state index contributed by atoms with van der Waals surface area (Å²) in [7, 11) is 3.15. The number of halogens is 2. The second-order valence-corrected chi connectivity index (χ2v) is 10.3. The fourth-order valence-corrected chi connectivity index (χ4v) is 5.43. The maximum Gasteiger partial charge on any atom is 0.270 e. The van der Waals surface area contributed by atoms with E-state index in [1.165, 1.54) is 16.7 Å². The van der Waals surface area contributed by atoms with E-state index < -0.39 is 0 Å². The zero-order chi connectivity index (χ0) is 25.7. The van der Waals surface area contributed by atoms with E-state index in [4.69, 9.17) is 42.8 Å². The highest BCUT2D eigenvalue weighted by Gasteiger charge is 2.33. The zero-order valence-corrected chi connectivity index (χ0v) is 23.3. The molecule has 1 aliphatic rings. The van der Waals surface area contributed by atoms with Crippen LogP contribution in [0.15, 0.2) is 70.0 Å². The number of methoxy groups -OCH3 is 2. The molecule has 0 N–H and O–H groups in total. The number of anilines is 1. The summed E-state index contributed by atoms with van der Waals surface area (Å²) >= 11 is 16.2. The predicted molar refractivity (Wildman–Crippen MR) is 152 cm³/mol. The summed E-state index contributed by atoms with van der Waals surface area (Å²) in [5.74, 6) is 2.15. The maximum atomic E-state index is 13.1. The molecule has 3 aromatic rings. The molecule has 6 nitrogen and oxygen atoms in total. The molecule has 36 heavy (non-hydrogen) atoms. The Labute approximate surface area is 232 Å². The smallest absolute Gasteiger partial charge is 0.270 e. The molecule has 0 aliphatic carbocycles. The summed E-state index contributed by atoms with van der Waals surface area (Å²) in [4.78, 5) is 15.1. The van der Waals surface area contributed by atoms with E-state index >= 15 is 0 Å². The Morgan fingerprint density at radius 2 is 1.64 bits per heavy atom. The minimum atomic E-state index is -0.198. The average molecular weight is 607 g/mol. The molecule has 186 valence electrons. The van der Waals surface area contributed by atoms with Crippen molar-refractivity contribution in [3.8, 4) is 23.0 Å². The van der Waals surface area contributed by atoms with E-state index in [1.807, 2.05) is 30.3 Å². The molecule has 0 bridgehead atoms. The Morgan fingerprint density at radius 1 is 0.972 bits per heavy atom. The number of ether oxygens (including phenoxy) is 4. The van der Waals surface area contributed by atoms with Gasteiger partial charge in [-0.2, -0.15) is 0 Å². The van der Waals surface area contributed by atoms with E-state index in [9.17, 15) is 4.79 Å². The highest BCUT2D eigenvalue weighted by molar-refractivity contribution is 9.10. The van der Waals surface area contributed by atoms with Gasteiger partial charge < -0.3 is 18.9 Å². The normalized spacial score (nSPS) is 14.3. The molecule has 1 fully saturated rings. The quantitative estimate of drug-likeness (QED) is 0.148. The number of carbonyl (C=O) groups is 1. The first-order valence-electron chi connectivity index (χ1n) is 10.7. The number of hydrogen-bond donors (Lipinski definition) is 0. The van der Waals surface area contributed by atoms with Crippen LogP contribution in [0.4, 0.5) is 5.69 Å². The van der Waals surface area contributed by atoms with Gasteiger partial charge >= 0.3 is 0 Å². The molecular weight excluding hydrogens is 586 g/mol. The maximum absolute atomic E-state index is 13.1. The van der Waals surface area contributed by atoms with Crippen LogP contribution in [0.3, 0.4) is 0 Å². The standard InChI is InChI=1S/C26H21BrClNO5S2/c1-31-20-5-3-4-6-21(20)33-11-12-34-24-19(27)13-16(14-22(24)32-2)15-23-25(30)29(26(35)36-23)18-9-7-17(28)8-10-18/h3-10,13-15H,11-12H2,1-2H3/b23-15-. The van der Waals surface area contributed by atoms with E-state index in [0.29, 0.717) is 54.0 Å². The molecular formula is C26H21BrClNO5S2. The van der Waals surface area contributed by atoms with Crippen LogP contribution in [0.1, 0.15) is 5.56 Å². The Hall–Kier alpha value is -2.72. The van der Waals surface area contributed by atoms with E-state index in [-0.39, 0.29) is 12.5 Å². The van der Waals surface area contributed by atoms with Crippen LogP contribution in [0, 0.1) is 0 Å². The van der Waals surface area contributed by atoms with Crippen molar-refractivity contribution in [3.63, 3.8) is 0 Å². The van der Waals surface area contributed by atoms with Gasteiger partial charge in [0.1, 0.15) is 13.2 Å². The van der Waals surface area contributed by atoms with Crippen molar-refractivity contribution in [2.24, 2.45) is 0 Å². The first-order valence-corrected chi connectivity index (χ1v) is 13.1. The van der Waals surface area contributed by atoms with Gasteiger partial charge in [0.2, 0.25) is 0 Å². The molecule has 0 radical (unpaired) electrons. The van der Waals surface area contributed by atoms with Gasteiger partial charge in [-0.15, -0.1) is 0 Å². The van der Waals surface area contributed by atoms with E-state index in [2.05, 4.69) is 15.9 Å². The van der Waals surface area contributed by atoms with Crippen LogP contribution in [-0.2, 0) is 4.79 Å². The minimum absolute atomic E-state index is 0.198. The molecule has 1 heterocycles. The van der Waals surface area contributed by atoms with Crippen LogP contribution in [0.5, 0.6) is 23.0 Å². The minimum Gasteiger partial charge on any atom is -0.493 e. The Bertz CT molecular complexity index is 1320. The number of benzene rings is 3. The number of rotatable bonds is 9. The van der Waals surface area contributed by atoms with Gasteiger partial charge in [-0.05, 0) is 76.1 Å². The molecule has 0 saturated carbocycles. The first-order chi connectivity index (χ1) is 17.4. The highest BCUT2D eigenvalue weighted by Crippen LogP contribution is 2.40. The third-order valence-electron chi connectivity index (χ3n) is 5.08. The van der Waals surface area contributed by atoms with Crippen LogP contribution in [-0.4, -0.2) is 37.7 Å².